The van der Waals surface area contributed by atoms with Gasteiger partial charge in [-0.05, 0) is 48.4 Å². The topological polar surface area (TPSA) is 49.9 Å². The zero-order valence-corrected chi connectivity index (χ0v) is 17.1. The summed E-state index contributed by atoms with van der Waals surface area (Å²) in [4.78, 5) is 28.9. The summed E-state index contributed by atoms with van der Waals surface area (Å²) in [6.45, 7) is 5.84. The maximum absolute atomic E-state index is 13.5. The fourth-order valence-electron chi connectivity index (χ4n) is 3.53. The average Bonchev–Trinajstić information content (AvgIpc) is 2.77. The minimum atomic E-state index is -0.665. The normalized spacial score (nSPS) is 20.3. The van der Waals surface area contributed by atoms with Gasteiger partial charge in [0, 0.05) is 13.1 Å². The van der Waals surface area contributed by atoms with Crippen molar-refractivity contribution in [3.63, 3.8) is 0 Å². The molecule has 0 spiro atoms. The molecular weight excluding hydrogens is 383 g/mol. The average molecular weight is 408 g/mol. The molecule has 1 aliphatic rings. The molecule has 0 aromatic heterocycles. The lowest BCUT2D eigenvalue weighted by Gasteiger charge is -2.38. The molecule has 5 nitrogen and oxygen atoms in total. The van der Waals surface area contributed by atoms with E-state index in [1.165, 1.54) is 23.1 Å². The van der Waals surface area contributed by atoms with Crippen LogP contribution in [0.4, 0.5) is 4.39 Å². The van der Waals surface area contributed by atoms with E-state index in [9.17, 15) is 14.0 Å². The van der Waals surface area contributed by atoms with Gasteiger partial charge in [-0.15, -0.1) is 0 Å². The van der Waals surface area contributed by atoms with Crippen molar-refractivity contribution < 1.29 is 18.7 Å². The summed E-state index contributed by atoms with van der Waals surface area (Å²) < 4.78 is 18.6. The SMILES string of the molecule is C=CC(=O)N1C/C=C\[C@H](c2ccc(OC)cc2)N(Cc2ccc(F)cc2)C(=O)[C@@H]1C. The summed E-state index contributed by atoms with van der Waals surface area (Å²) in [6, 6.07) is 12.6. The molecule has 2 aromatic carbocycles. The fourth-order valence-corrected chi connectivity index (χ4v) is 3.53. The lowest BCUT2D eigenvalue weighted by atomic mass is 10.0. The molecule has 6 heteroatoms. The van der Waals surface area contributed by atoms with E-state index in [0.717, 1.165) is 16.9 Å². The first-order chi connectivity index (χ1) is 14.4. The van der Waals surface area contributed by atoms with E-state index < -0.39 is 6.04 Å². The van der Waals surface area contributed by atoms with Crippen LogP contribution in [0.2, 0.25) is 0 Å². The smallest absolute Gasteiger partial charge is 0.246 e. The number of carbonyl (C=O) groups excluding carboxylic acids is 2. The van der Waals surface area contributed by atoms with Crippen LogP contribution in [-0.2, 0) is 16.1 Å². The Labute approximate surface area is 176 Å². The number of amides is 2. The van der Waals surface area contributed by atoms with Crippen LogP contribution in [0.1, 0.15) is 24.1 Å². The summed E-state index contributed by atoms with van der Waals surface area (Å²) in [5.74, 6) is -0.105. The van der Waals surface area contributed by atoms with Crippen LogP contribution in [-0.4, -0.2) is 41.3 Å². The van der Waals surface area contributed by atoms with Crippen LogP contribution in [0.3, 0.4) is 0 Å². The fraction of sp³-hybridized carbons (Fsp3) is 0.250. The second-order valence-corrected chi connectivity index (χ2v) is 7.11. The first kappa shape index (κ1) is 21.3. The summed E-state index contributed by atoms with van der Waals surface area (Å²) in [5.41, 5.74) is 1.71. The first-order valence-corrected chi connectivity index (χ1v) is 9.73. The van der Waals surface area contributed by atoms with Gasteiger partial charge in [0.15, 0.2) is 0 Å². The maximum Gasteiger partial charge on any atom is 0.246 e. The van der Waals surface area contributed by atoms with E-state index in [0.29, 0.717) is 6.54 Å². The van der Waals surface area contributed by atoms with Gasteiger partial charge in [-0.2, -0.15) is 0 Å². The molecule has 0 radical (unpaired) electrons. The van der Waals surface area contributed by atoms with Gasteiger partial charge in [0.1, 0.15) is 17.6 Å². The molecule has 0 fully saturated rings. The number of hydrogen-bond donors (Lipinski definition) is 0. The van der Waals surface area contributed by atoms with Crippen LogP contribution in [0, 0.1) is 5.82 Å². The minimum absolute atomic E-state index is 0.195. The van der Waals surface area contributed by atoms with Gasteiger partial charge in [-0.1, -0.05) is 43.0 Å². The highest BCUT2D eigenvalue weighted by Gasteiger charge is 2.33. The van der Waals surface area contributed by atoms with Crippen molar-refractivity contribution in [3.8, 4) is 5.75 Å². The van der Waals surface area contributed by atoms with Crippen LogP contribution in [0.5, 0.6) is 5.75 Å². The molecule has 1 heterocycles. The first-order valence-electron chi connectivity index (χ1n) is 9.73. The molecule has 0 unspecified atom stereocenters. The lowest BCUT2D eigenvalue weighted by molar-refractivity contribution is -0.144. The standard InChI is InChI=1S/C24H25FN2O3/c1-4-23(28)26-15-5-6-22(19-9-13-21(30-3)14-10-19)27(24(29)17(26)2)16-18-7-11-20(25)12-8-18/h4-14,17,22H,1,15-16H2,2-3H3/b6-5-/t17-,22+/m0/s1. The predicted molar refractivity (Wildman–Crippen MR) is 113 cm³/mol. The quantitative estimate of drug-likeness (QED) is 0.557. The van der Waals surface area contributed by atoms with E-state index >= 15 is 0 Å². The Balaban J connectivity index is 2.02. The van der Waals surface area contributed by atoms with Gasteiger partial charge in [-0.25, -0.2) is 4.39 Å². The molecule has 0 saturated heterocycles. The Kier molecular flexibility index (Phi) is 6.67. The zero-order valence-electron chi connectivity index (χ0n) is 17.1. The summed E-state index contributed by atoms with van der Waals surface area (Å²) in [6.07, 6.45) is 5.01. The van der Waals surface area contributed by atoms with Crippen molar-refractivity contribution in [2.45, 2.75) is 25.6 Å². The van der Waals surface area contributed by atoms with Crippen LogP contribution < -0.4 is 4.74 Å². The highest BCUT2D eigenvalue weighted by molar-refractivity contribution is 5.93. The summed E-state index contributed by atoms with van der Waals surface area (Å²) in [5, 5.41) is 0. The van der Waals surface area contributed by atoms with Gasteiger partial charge in [0.05, 0.1) is 13.2 Å². The highest BCUT2D eigenvalue weighted by Crippen LogP contribution is 2.29. The van der Waals surface area contributed by atoms with E-state index in [1.807, 2.05) is 36.4 Å². The molecule has 2 atom stereocenters. The van der Waals surface area contributed by atoms with E-state index in [1.54, 1.807) is 31.1 Å². The zero-order chi connectivity index (χ0) is 21.7. The van der Waals surface area contributed by atoms with E-state index in [2.05, 4.69) is 6.58 Å². The second-order valence-electron chi connectivity index (χ2n) is 7.11. The molecule has 0 N–H and O–H groups in total. The number of halogens is 1. The molecular formula is C24H25FN2O3. The molecule has 1 aliphatic heterocycles. The van der Waals surface area contributed by atoms with Crippen molar-refractivity contribution in [2.24, 2.45) is 0 Å². The Hall–Kier alpha value is -3.41. The number of methoxy groups -OCH3 is 1. The van der Waals surface area contributed by atoms with Crippen molar-refractivity contribution >= 4 is 11.8 Å². The second kappa shape index (κ2) is 9.39. The van der Waals surface area contributed by atoms with Gasteiger partial charge >= 0.3 is 0 Å². The number of carbonyl (C=O) groups is 2. The predicted octanol–water partition coefficient (Wildman–Crippen LogP) is 3.88. The molecule has 0 aliphatic carbocycles. The third-order valence-corrected chi connectivity index (χ3v) is 5.25. The van der Waals surface area contributed by atoms with Gasteiger partial charge in [0.2, 0.25) is 11.8 Å². The Morgan fingerprint density at radius 1 is 1.20 bits per heavy atom. The van der Waals surface area contributed by atoms with Crippen molar-refractivity contribution in [1.82, 2.24) is 9.80 Å². The summed E-state index contributed by atoms with van der Waals surface area (Å²) >= 11 is 0. The van der Waals surface area contributed by atoms with Crippen LogP contribution in [0.25, 0.3) is 0 Å². The third kappa shape index (κ3) is 4.59. The Morgan fingerprint density at radius 3 is 2.47 bits per heavy atom. The maximum atomic E-state index is 13.5. The van der Waals surface area contributed by atoms with Gasteiger partial charge in [-0.3, -0.25) is 9.59 Å². The molecule has 156 valence electrons. The number of hydrogen-bond acceptors (Lipinski definition) is 3. The number of benzene rings is 2. The molecule has 0 bridgehead atoms. The highest BCUT2D eigenvalue weighted by atomic mass is 19.1. The molecule has 3 rings (SSSR count). The number of ether oxygens (including phenoxy) is 1. The third-order valence-electron chi connectivity index (χ3n) is 5.25. The monoisotopic (exact) mass is 408 g/mol. The summed E-state index contributed by atoms with van der Waals surface area (Å²) in [7, 11) is 1.60. The van der Waals surface area contributed by atoms with E-state index in [-0.39, 0.29) is 30.2 Å². The lowest BCUT2D eigenvalue weighted by Crippen LogP contribution is -2.50. The van der Waals surface area contributed by atoms with Crippen molar-refractivity contribution in [2.75, 3.05) is 13.7 Å². The van der Waals surface area contributed by atoms with Crippen LogP contribution >= 0.6 is 0 Å². The molecule has 2 amide bonds. The number of rotatable bonds is 5. The molecule has 2 aromatic rings. The Bertz CT molecular complexity index is 938. The van der Waals surface area contributed by atoms with Gasteiger partial charge < -0.3 is 14.5 Å². The van der Waals surface area contributed by atoms with Gasteiger partial charge in [0.25, 0.3) is 0 Å². The van der Waals surface area contributed by atoms with Crippen LogP contribution in [0.15, 0.2) is 73.3 Å². The van der Waals surface area contributed by atoms with E-state index in [4.69, 9.17) is 4.74 Å². The van der Waals surface area contributed by atoms with Crippen molar-refractivity contribution in [3.05, 3.63) is 90.3 Å². The molecule has 30 heavy (non-hydrogen) atoms. The Morgan fingerprint density at radius 2 is 1.87 bits per heavy atom. The van der Waals surface area contributed by atoms with Crippen molar-refractivity contribution in [1.29, 1.82) is 0 Å². The molecule has 0 saturated carbocycles. The minimum Gasteiger partial charge on any atom is -0.497 e. The largest absolute Gasteiger partial charge is 0.497 e. The number of nitrogens with zero attached hydrogens (tertiary/aromatic N) is 2.